The van der Waals surface area contributed by atoms with Crippen molar-refractivity contribution in [3.63, 3.8) is 0 Å². The minimum Gasteiger partial charge on any atom is -0.467 e. The third-order valence-electron chi connectivity index (χ3n) is 4.57. The number of furan rings is 1. The maximum atomic E-state index is 13.5. The summed E-state index contributed by atoms with van der Waals surface area (Å²) in [7, 11) is 0. The molecule has 4 nitrogen and oxygen atoms in total. The van der Waals surface area contributed by atoms with Crippen molar-refractivity contribution >= 4 is 0 Å². The van der Waals surface area contributed by atoms with Gasteiger partial charge in [-0.2, -0.15) is 0 Å². The number of β-amino-alcohol motifs (C(OH)–C–C–N with tert-alkyl or cyclic N) is 1. The summed E-state index contributed by atoms with van der Waals surface area (Å²) in [5.74, 6) is 0.964. The highest BCUT2D eigenvalue weighted by atomic mass is 19.1. The van der Waals surface area contributed by atoms with Crippen molar-refractivity contribution in [3.05, 3.63) is 59.8 Å². The third kappa shape index (κ3) is 4.23. The number of rotatable bonds is 7. The summed E-state index contributed by atoms with van der Waals surface area (Å²) < 4.78 is 24.2. The monoisotopic (exact) mass is 333 g/mol. The SMILES string of the molecule is CC1CCN(CC(O)COCc2ccco2)C1c1cccc(F)c1. The van der Waals surface area contributed by atoms with Crippen LogP contribution in [0.5, 0.6) is 0 Å². The zero-order chi connectivity index (χ0) is 16.9. The van der Waals surface area contributed by atoms with Gasteiger partial charge in [0.05, 0.1) is 19.0 Å². The van der Waals surface area contributed by atoms with Gasteiger partial charge in [-0.15, -0.1) is 0 Å². The van der Waals surface area contributed by atoms with Crippen molar-refractivity contribution in [3.8, 4) is 0 Å². The highest BCUT2D eigenvalue weighted by molar-refractivity contribution is 5.22. The summed E-state index contributed by atoms with van der Waals surface area (Å²) in [5.41, 5.74) is 0.976. The van der Waals surface area contributed by atoms with Crippen LogP contribution in [0.1, 0.15) is 30.7 Å². The molecule has 1 saturated heterocycles. The van der Waals surface area contributed by atoms with Crippen LogP contribution in [0.15, 0.2) is 47.1 Å². The highest BCUT2D eigenvalue weighted by Gasteiger charge is 2.33. The molecule has 1 fully saturated rings. The third-order valence-corrected chi connectivity index (χ3v) is 4.57. The number of likely N-dealkylation sites (tertiary alicyclic amines) is 1. The lowest BCUT2D eigenvalue weighted by molar-refractivity contribution is 0.00189. The highest BCUT2D eigenvalue weighted by Crippen LogP contribution is 2.37. The van der Waals surface area contributed by atoms with E-state index in [2.05, 4.69) is 11.8 Å². The molecule has 1 aliphatic heterocycles. The summed E-state index contributed by atoms with van der Waals surface area (Å²) >= 11 is 0. The van der Waals surface area contributed by atoms with Crippen LogP contribution < -0.4 is 0 Å². The van der Waals surface area contributed by atoms with Crippen LogP contribution in [0.25, 0.3) is 0 Å². The molecule has 0 amide bonds. The average molecular weight is 333 g/mol. The lowest BCUT2D eigenvalue weighted by Gasteiger charge is -2.29. The lowest BCUT2D eigenvalue weighted by Crippen LogP contribution is -2.35. The first kappa shape index (κ1) is 17.1. The second-order valence-electron chi connectivity index (χ2n) is 6.51. The Bertz CT molecular complexity index is 631. The van der Waals surface area contributed by atoms with Crippen molar-refractivity contribution in [2.75, 3.05) is 19.7 Å². The Morgan fingerprint density at radius 3 is 3.00 bits per heavy atom. The molecule has 0 aliphatic carbocycles. The van der Waals surface area contributed by atoms with Gasteiger partial charge in [0.1, 0.15) is 18.2 Å². The van der Waals surface area contributed by atoms with Gasteiger partial charge >= 0.3 is 0 Å². The van der Waals surface area contributed by atoms with E-state index in [1.54, 1.807) is 18.4 Å². The zero-order valence-electron chi connectivity index (χ0n) is 13.9. The van der Waals surface area contributed by atoms with Gasteiger partial charge in [-0.05, 0) is 48.7 Å². The van der Waals surface area contributed by atoms with E-state index in [1.165, 1.54) is 6.07 Å². The quantitative estimate of drug-likeness (QED) is 0.844. The predicted octanol–water partition coefficient (Wildman–Crippen LogP) is 3.38. The molecule has 0 saturated carbocycles. The van der Waals surface area contributed by atoms with Gasteiger partial charge < -0.3 is 14.3 Å². The van der Waals surface area contributed by atoms with Gasteiger partial charge in [0.25, 0.3) is 0 Å². The van der Waals surface area contributed by atoms with Crippen LogP contribution in [0.4, 0.5) is 4.39 Å². The minimum absolute atomic E-state index is 0.139. The Labute approximate surface area is 141 Å². The number of hydrogen-bond donors (Lipinski definition) is 1. The standard InChI is InChI=1S/C19H24FNO3/c1-14-7-8-21(19(14)15-4-2-5-16(20)10-15)11-17(22)12-23-13-18-6-3-9-24-18/h2-6,9-10,14,17,19,22H,7-8,11-13H2,1H3. The van der Waals surface area contributed by atoms with Crippen molar-refractivity contribution in [2.24, 2.45) is 5.92 Å². The lowest BCUT2D eigenvalue weighted by atomic mass is 9.95. The van der Waals surface area contributed by atoms with E-state index in [9.17, 15) is 9.50 Å². The molecule has 1 N–H and O–H groups in total. The molecule has 0 radical (unpaired) electrons. The Kier molecular flexibility index (Phi) is 5.66. The molecule has 2 heterocycles. The molecule has 1 aliphatic rings. The van der Waals surface area contributed by atoms with Gasteiger partial charge in [-0.1, -0.05) is 19.1 Å². The smallest absolute Gasteiger partial charge is 0.129 e. The predicted molar refractivity (Wildman–Crippen MR) is 88.9 cm³/mol. The van der Waals surface area contributed by atoms with E-state index in [0.29, 0.717) is 19.1 Å². The normalized spacial score (nSPS) is 22.8. The molecule has 1 aromatic carbocycles. The number of hydrogen-bond acceptors (Lipinski definition) is 4. The summed E-state index contributed by atoms with van der Waals surface area (Å²) in [5, 5.41) is 10.3. The number of ether oxygens (including phenoxy) is 1. The van der Waals surface area contributed by atoms with Crippen LogP contribution >= 0.6 is 0 Å². The number of halogens is 1. The van der Waals surface area contributed by atoms with Crippen molar-refractivity contribution < 1.29 is 18.7 Å². The van der Waals surface area contributed by atoms with Crippen LogP contribution in [0, 0.1) is 11.7 Å². The molecule has 2 aromatic rings. The second-order valence-corrected chi connectivity index (χ2v) is 6.51. The topological polar surface area (TPSA) is 45.8 Å². The second kappa shape index (κ2) is 7.92. The van der Waals surface area contributed by atoms with Gasteiger partial charge in [-0.3, -0.25) is 4.90 Å². The average Bonchev–Trinajstić information content (AvgIpc) is 3.17. The fraction of sp³-hybridized carbons (Fsp3) is 0.474. The molecular weight excluding hydrogens is 309 g/mol. The van der Waals surface area contributed by atoms with Crippen molar-refractivity contribution in [1.29, 1.82) is 0 Å². The maximum absolute atomic E-state index is 13.5. The fourth-order valence-electron chi connectivity index (χ4n) is 3.47. The maximum Gasteiger partial charge on any atom is 0.129 e. The molecule has 1 aromatic heterocycles. The fourth-order valence-corrected chi connectivity index (χ4v) is 3.47. The van der Waals surface area contributed by atoms with Crippen LogP contribution in [-0.2, 0) is 11.3 Å². The number of aliphatic hydroxyl groups excluding tert-OH is 1. The van der Waals surface area contributed by atoms with Gasteiger partial charge in [0.2, 0.25) is 0 Å². The Morgan fingerprint density at radius 1 is 1.38 bits per heavy atom. The van der Waals surface area contributed by atoms with E-state index < -0.39 is 6.10 Å². The molecule has 24 heavy (non-hydrogen) atoms. The molecule has 130 valence electrons. The molecule has 0 spiro atoms. The summed E-state index contributed by atoms with van der Waals surface area (Å²) in [6.45, 7) is 4.20. The van der Waals surface area contributed by atoms with E-state index >= 15 is 0 Å². The van der Waals surface area contributed by atoms with E-state index in [1.807, 2.05) is 18.2 Å². The van der Waals surface area contributed by atoms with Crippen molar-refractivity contribution in [1.82, 2.24) is 4.90 Å². The molecule has 5 heteroatoms. The molecule has 3 atom stereocenters. The van der Waals surface area contributed by atoms with Crippen LogP contribution in [0.2, 0.25) is 0 Å². The van der Waals surface area contributed by atoms with Crippen LogP contribution in [-0.4, -0.2) is 35.8 Å². The first-order valence-corrected chi connectivity index (χ1v) is 8.41. The summed E-state index contributed by atoms with van der Waals surface area (Å²) in [6.07, 6.45) is 2.06. The first-order valence-electron chi connectivity index (χ1n) is 8.41. The van der Waals surface area contributed by atoms with E-state index in [0.717, 1.165) is 24.3 Å². The van der Waals surface area contributed by atoms with Gasteiger partial charge in [0.15, 0.2) is 0 Å². The number of aliphatic hydroxyl groups is 1. The van der Waals surface area contributed by atoms with E-state index in [-0.39, 0.29) is 18.5 Å². The number of benzene rings is 1. The van der Waals surface area contributed by atoms with Gasteiger partial charge in [-0.25, -0.2) is 4.39 Å². The Balaban J connectivity index is 1.54. The van der Waals surface area contributed by atoms with Crippen LogP contribution in [0.3, 0.4) is 0 Å². The first-order chi connectivity index (χ1) is 11.6. The Morgan fingerprint density at radius 2 is 2.25 bits per heavy atom. The molecule has 3 unspecified atom stereocenters. The summed E-state index contributed by atoms with van der Waals surface area (Å²) in [6, 6.07) is 10.6. The largest absolute Gasteiger partial charge is 0.467 e. The molecular formula is C19H24FNO3. The summed E-state index contributed by atoms with van der Waals surface area (Å²) in [4.78, 5) is 2.22. The van der Waals surface area contributed by atoms with E-state index in [4.69, 9.17) is 9.15 Å². The number of nitrogens with zero attached hydrogens (tertiary/aromatic N) is 1. The zero-order valence-corrected chi connectivity index (χ0v) is 13.9. The molecule has 3 rings (SSSR count). The van der Waals surface area contributed by atoms with Gasteiger partial charge in [0, 0.05) is 12.6 Å². The Hall–Kier alpha value is -1.69. The minimum atomic E-state index is -0.582. The van der Waals surface area contributed by atoms with Crippen molar-refractivity contribution in [2.45, 2.75) is 32.1 Å². The molecule has 0 bridgehead atoms.